The summed E-state index contributed by atoms with van der Waals surface area (Å²) in [7, 11) is -3.36. The average molecular weight is 541 g/mol. The number of anilines is 2. The number of nitriles is 1. The van der Waals surface area contributed by atoms with Crippen LogP contribution in [0.15, 0.2) is 46.2 Å². The Morgan fingerprint density at radius 3 is 2.55 bits per heavy atom. The molecule has 11 nitrogen and oxygen atoms in total. The molecule has 0 unspecified atom stereocenters. The topological polar surface area (TPSA) is 150 Å². The van der Waals surface area contributed by atoms with Gasteiger partial charge in [0.25, 0.3) is 5.56 Å². The first kappa shape index (κ1) is 27.2. The number of hydrogen-bond acceptors (Lipinski definition) is 8. The quantitative estimate of drug-likeness (QED) is 0.497. The van der Waals surface area contributed by atoms with Gasteiger partial charge in [-0.1, -0.05) is 6.92 Å². The van der Waals surface area contributed by atoms with Crippen molar-refractivity contribution < 1.29 is 17.9 Å². The highest BCUT2D eigenvalue weighted by atomic mass is 32.2. The molecule has 38 heavy (non-hydrogen) atoms. The Labute approximate surface area is 221 Å². The summed E-state index contributed by atoms with van der Waals surface area (Å²) >= 11 is 0. The fraction of sp³-hybridized carbons (Fsp3) is 0.462. The molecule has 3 aromatic rings. The molecular formula is C26H32N6O5S. The van der Waals surface area contributed by atoms with Gasteiger partial charge in [0, 0.05) is 37.1 Å². The average Bonchev–Trinajstić information content (AvgIpc) is 3.19. The molecular weight excluding hydrogens is 508 g/mol. The van der Waals surface area contributed by atoms with E-state index in [2.05, 4.69) is 16.4 Å². The summed E-state index contributed by atoms with van der Waals surface area (Å²) < 4.78 is 30.9. The van der Waals surface area contributed by atoms with E-state index in [9.17, 15) is 23.3 Å². The second-order valence-electron chi connectivity index (χ2n) is 10.8. The van der Waals surface area contributed by atoms with Crippen LogP contribution in [0.5, 0.6) is 0 Å². The number of nitrogens with zero attached hydrogens (tertiary/aromatic N) is 4. The zero-order valence-electron chi connectivity index (χ0n) is 22.1. The number of fused-ring (bicyclic) bond motifs is 1. The van der Waals surface area contributed by atoms with Gasteiger partial charge in [0.15, 0.2) is 15.7 Å². The molecule has 4 rings (SSSR count). The van der Waals surface area contributed by atoms with Gasteiger partial charge in [-0.2, -0.15) is 10.4 Å². The molecule has 1 aliphatic rings. The zero-order chi connectivity index (χ0) is 27.9. The molecule has 1 fully saturated rings. The zero-order valence-corrected chi connectivity index (χ0v) is 22.9. The van der Waals surface area contributed by atoms with Crippen LogP contribution in [0.2, 0.25) is 0 Å². The second kappa shape index (κ2) is 9.79. The Morgan fingerprint density at radius 1 is 1.29 bits per heavy atom. The molecule has 0 aliphatic carbocycles. The van der Waals surface area contributed by atoms with Gasteiger partial charge in [-0.15, -0.1) is 0 Å². The molecule has 1 aromatic carbocycles. The highest BCUT2D eigenvalue weighted by Crippen LogP contribution is 2.41. The third kappa shape index (κ3) is 5.24. The van der Waals surface area contributed by atoms with E-state index in [1.807, 2.05) is 27.7 Å². The molecule has 2 atom stereocenters. The summed E-state index contributed by atoms with van der Waals surface area (Å²) in [5, 5.41) is 18.1. The van der Waals surface area contributed by atoms with Crippen molar-refractivity contribution >= 4 is 38.3 Å². The number of benzene rings is 1. The van der Waals surface area contributed by atoms with Crippen LogP contribution in [-0.2, 0) is 20.1 Å². The summed E-state index contributed by atoms with van der Waals surface area (Å²) in [4.78, 5) is 30.2. The molecule has 12 heteroatoms. The smallest absolute Gasteiger partial charge is 0.410 e. The predicted octanol–water partition coefficient (Wildman–Crippen LogP) is 3.76. The maximum Gasteiger partial charge on any atom is 0.410 e. The summed E-state index contributed by atoms with van der Waals surface area (Å²) in [5.74, 6) is 0.0979. The largest absolute Gasteiger partial charge is 0.444 e. The van der Waals surface area contributed by atoms with Crippen molar-refractivity contribution in [3.63, 3.8) is 0 Å². The van der Waals surface area contributed by atoms with Gasteiger partial charge in [-0.05, 0) is 57.5 Å². The van der Waals surface area contributed by atoms with Crippen molar-refractivity contribution in [1.29, 1.82) is 5.26 Å². The van der Waals surface area contributed by atoms with Gasteiger partial charge in [0.05, 0.1) is 28.4 Å². The number of piperidine rings is 1. The Balaban J connectivity index is 1.74. The monoisotopic (exact) mass is 540 g/mol. The normalized spacial score (nSPS) is 20.2. The predicted molar refractivity (Wildman–Crippen MR) is 143 cm³/mol. The SMILES string of the molecule is C[C@@H]1CN(C(=O)OC(C)(C)C)CC[C@@]1(CC#N)n1nc(Nc2ccc(S(C)(=O)=O)cc2)c2c(=O)[nH]ccc21. The molecule has 0 radical (unpaired) electrons. The first-order valence-corrected chi connectivity index (χ1v) is 14.2. The van der Waals surface area contributed by atoms with Gasteiger partial charge >= 0.3 is 6.09 Å². The molecule has 2 N–H and O–H groups in total. The molecule has 0 saturated carbocycles. The number of carbonyl (C=O) groups is 1. The van der Waals surface area contributed by atoms with Crippen LogP contribution < -0.4 is 10.9 Å². The number of aromatic amines is 1. The second-order valence-corrected chi connectivity index (χ2v) is 12.8. The number of hydrogen-bond donors (Lipinski definition) is 2. The minimum absolute atomic E-state index is 0.127. The highest BCUT2D eigenvalue weighted by Gasteiger charge is 2.46. The Morgan fingerprint density at radius 2 is 1.97 bits per heavy atom. The van der Waals surface area contributed by atoms with E-state index in [0.717, 1.165) is 6.26 Å². The van der Waals surface area contributed by atoms with Crippen LogP contribution in [-0.4, -0.2) is 59.1 Å². The molecule has 1 aliphatic heterocycles. The van der Waals surface area contributed by atoms with Gasteiger partial charge in [-0.25, -0.2) is 13.2 Å². The molecule has 0 bridgehead atoms. The lowest BCUT2D eigenvalue weighted by Gasteiger charge is -2.45. The van der Waals surface area contributed by atoms with Crippen LogP contribution in [0.1, 0.15) is 40.5 Å². The lowest BCUT2D eigenvalue weighted by Crippen LogP contribution is -2.54. The molecule has 2 aromatic heterocycles. The van der Waals surface area contributed by atoms with Crippen LogP contribution in [0.3, 0.4) is 0 Å². The highest BCUT2D eigenvalue weighted by molar-refractivity contribution is 7.90. The third-order valence-corrected chi connectivity index (χ3v) is 7.96. The van der Waals surface area contributed by atoms with Gasteiger partial charge in [-0.3, -0.25) is 9.48 Å². The van der Waals surface area contributed by atoms with Gasteiger partial charge in [0.1, 0.15) is 11.0 Å². The first-order chi connectivity index (χ1) is 17.7. The van der Waals surface area contributed by atoms with Crippen molar-refractivity contribution in [1.82, 2.24) is 19.7 Å². The Hall–Kier alpha value is -3.85. The minimum atomic E-state index is -3.36. The van der Waals surface area contributed by atoms with Crippen molar-refractivity contribution in [2.24, 2.45) is 5.92 Å². The molecule has 3 heterocycles. The number of rotatable bonds is 5. The number of likely N-dealkylation sites (tertiary alicyclic amines) is 1. The lowest BCUT2D eigenvalue weighted by atomic mass is 9.76. The maximum absolute atomic E-state index is 12.9. The maximum atomic E-state index is 12.9. The number of carbonyl (C=O) groups excluding carboxylic acids is 1. The van der Waals surface area contributed by atoms with E-state index < -0.39 is 27.1 Å². The van der Waals surface area contributed by atoms with E-state index in [1.165, 1.54) is 18.3 Å². The number of amides is 1. The van der Waals surface area contributed by atoms with Gasteiger partial charge in [0.2, 0.25) is 0 Å². The lowest BCUT2D eigenvalue weighted by molar-refractivity contribution is -0.00358. The molecule has 1 amide bonds. The van der Waals surface area contributed by atoms with Crippen LogP contribution in [0.25, 0.3) is 10.9 Å². The number of ether oxygens (including phenoxy) is 1. The van der Waals surface area contributed by atoms with E-state index in [4.69, 9.17) is 9.84 Å². The Bertz CT molecular complexity index is 1560. The van der Waals surface area contributed by atoms with Crippen LogP contribution in [0.4, 0.5) is 16.3 Å². The van der Waals surface area contributed by atoms with Crippen molar-refractivity contribution in [3.05, 3.63) is 46.9 Å². The van der Waals surface area contributed by atoms with Crippen LogP contribution in [0, 0.1) is 17.2 Å². The van der Waals surface area contributed by atoms with Crippen molar-refractivity contribution in [2.75, 3.05) is 24.7 Å². The molecule has 0 spiro atoms. The van der Waals surface area contributed by atoms with E-state index in [0.29, 0.717) is 36.1 Å². The number of sulfone groups is 1. The molecule has 202 valence electrons. The van der Waals surface area contributed by atoms with Crippen molar-refractivity contribution in [3.8, 4) is 6.07 Å². The fourth-order valence-corrected chi connectivity index (χ4v) is 5.51. The summed E-state index contributed by atoms with van der Waals surface area (Å²) in [6.45, 7) is 8.13. The van der Waals surface area contributed by atoms with Crippen LogP contribution >= 0.6 is 0 Å². The summed E-state index contributed by atoms with van der Waals surface area (Å²) in [6.07, 6.45) is 2.83. The van der Waals surface area contributed by atoms with E-state index in [1.54, 1.807) is 27.8 Å². The molecule has 1 saturated heterocycles. The third-order valence-electron chi connectivity index (χ3n) is 6.83. The fourth-order valence-electron chi connectivity index (χ4n) is 4.87. The van der Waals surface area contributed by atoms with Crippen molar-refractivity contribution in [2.45, 2.75) is 56.6 Å². The summed E-state index contributed by atoms with van der Waals surface area (Å²) in [6, 6.07) is 10.2. The summed E-state index contributed by atoms with van der Waals surface area (Å²) in [5.41, 5.74) is -0.652. The van der Waals surface area contributed by atoms with E-state index >= 15 is 0 Å². The van der Waals surface area contributed by atoms with E-state index in [-0.39, 0.29) is 28.6 Å². The number of nitrogens with one attached hydrogen (secondary N) is 2. The Kier molecular flexibility index (Phi) is 7.01. The number of aromatic nitrogens is 3. The standard InChI is InChI=1S/C26H32N6O5S/c1-17-16-31(24(34)37-25(2,3)4)15-12-26(17,11-13-27)32-20-10-14-28-23(33)21(20)22(30-32)29-18-6-8-19(9-7-18)38(5,35)36/h6-10,14,17H,11-12,15-16H2,1-5H3,(H,28,33)(H,29,30)/t17-,26-/m1/s1. The number of H-pyrrole nitrogens is 1. The number of pyridine rings is 1. The minimum Gasteiger partial charge on any atom is -0.444 e. The van der Waals surface area contributed by atoms with Gasteiger partial charge < -0.3 is 19.9 Å². The first-order valence-electron chi connectivity index (χ1n) is 12.3.